The van der Waals surface area contributed by atoms with Gasteiger partial charge in [-0.25, -0.2) is 0 Å². The molecule has 1 aliphatic carbocycles. The summed E-state index contributed by atoms with van der Waals surface area (Å²) in [6.45, 7) is 1.62. The van der Waals surface area contributed by atoms with E-state index in [2.05, 4.69) is 4.90 Å². The van der Waals surface area contributed by atoms with Crippen LogP contribution in [0.3, 0.4) is 0 Å². The van der Waals surface area contributed by atoms with E-state index in [4.69, 9.17) is 9.47 Å². The van der Waals surface area contributed by atoms with Crippen molar-refractivity contribution in [3.8, 4) is 0 Å². The molecule has 1 saturated carbocycles. The molecule has 0 amide bonds. The van der Waals surface area contributed by atoms with Crippen LogP contribution in [0.1, 0.15) is 19.3 Å². The molecule has 1 aliphatic rings. The predicted octanol–water partition coefficient (Wildman–Crippen LogP) is 0.906. The first-order valence-corrected chi connectivity index (χ1v) is 5.47. The van der Waals surface area contributed by atoms with E-state index in [1.165, 1.54) is 7.11 Å². The van der Waals surface area contributed by atoms with Crippen molar-refractivity contribution in [1.82, 2.24) is 4.90 Å². The van der Waals surface area contributed by atoms with Gasteiger partial charge in [0.1, 0.15) is 6.04 Å². The van der Waals surface area contributed by atoms with Crippen LogP contribution in [0.25, 0.3) is 0 Å². The lowest BCUT2D eigenvalue weighted by molar-refractivity contribution is -0.147. The molecule has 0 aromatic carbocycles. The summed E-state index contributed by atoms with van der Waals surface area (Å²) < 4.78 is 9.82. The molecule has 4 nitrogen and oxygen atoms in total. The first kappa shape index (κ1) is 12.5. The number of hydrogen-bond acceptors (Lipinski definition) is 4. The number of esters is 1. The van der Waals surface area contributed by atoms with Crippen LogP contribution in [0, 0.1) is 5.92 Å². The van der Waals surface area contributed by atoms with Crippen LogP contribution in [0.5, 0.6) is 0 Å². The number of carbonyl (C=O) groups is 1. The zero-order valence-corrected chi connectivity index (χ0v) is 9.86. The summed E-state index contributed by atoms with van der Waals surface area (Å²) in [7, 11) is 5.13. The first-order valence-electron chi connectivity index (χ1n) is 5.47. The average Bonchev–Trinajstić information content (AvgIpc) is 3.02. The summed E-state index contributed by atoms with van der Waals surface area (Å²) in [5.74, 6) is 0.405. The zero-order valence-electron chi connectivity index (χ0n) is 9.86. The molecule has 1 rings (SSSR count). The Kier molecular flexibility index (Phi) is 5.05. The van der Waals surface area contributed by atoms with Crippen molar-refractivity contribution in [1.29, 1.82) is 0 Å². The van der Waals surface area contributed by atoms with Crippen molar-refractivity contribution >= 4 is 5.97 Å². The molecule has 0 aliphatic heterocycles. The van der Waals surface area contributed by atoms with Crippen molar-refractivity contribution in [2.24, 2.45) is 5.92 Å². The molecule has 0 N–H and O–H groups in total. The summed E-state index contributed by atoms with van der Waals surface area (Å²) in [5, 5.41) is 0. The monoisotopic (exact) mass is 215 g/mol. The molecule has 1 fully saturated rings. The Morgan fingerprint density at radius 1 is 1.47 bits per heavy atom. The maximum atomic E-state index is 11.6. The van der Waals surface area contributed by atoms with Crippen molar-refractivity contribution in [3.63, 3.8) is 0 Å². The van der Waals surface area contributed by atoms with Crippen molar-refractivity contribution in [2.75, 3.05) is 34.4 Å². The Bertz CT molecular complexity index is 204. The number of nitrogens with zero attached hydrogens (tertiary/aromatic N) is 1. The molecule has 1 atom stereocenters. The fourth-order valence-corrected chi connectivity index (χ4v) is 1.86. The zero-order chi connectivity index (χ0) is 11.3. The standard InChI is InChI=1S/C11H21NO3/c1-12(7-4-8-14-2)10(9-5-6-9)11(13)15-3/h9-10H,4-8H2,1-3H3. The third-order valence-corrected chi connectivity index (χ3v) is 2.85. The van der Waals surface area contributed by atoms with E-state index < -0.39 is 0 Å². The van der Waals surface area contributed by atoms with E-state index in [9.17, 15) is 4.79 Å². The van der Waals surface area contributed by atoms with Crippen LogP contribution in [0.15, 0.2) is 0 Å². The second-order valence-corrected chi connectivity index (χ2v) is 4.13. The van der Waals surface area contributed by atoms with E-state index in [1.807, 2.05) is 7.05 Å². The van der Waals surface area contributed by atoms with Gasteiger partial charge in [0.25, 0.3) is 0 Å². The van der Waals surface area contributed by atoms with Gasteiger partial charge in [0.2, 0.25) is 0 Å². The van der Waals surface area contributed by atoms with Gasteiger partial charge >= 0.3 is 5.97 Å². The molecule has 88 valence electrons. The van der Waals surface area contributed by atoms with Crippen LogP contribution in [0.2, 0.25) is 0 Å². The van der Waals surface area contributed by atoms with E-state index in [-0.39, 0.29) is 12.0 Å². The SMILES string of the molecule is COCCCN(C)C(C(=O)OC)C1CC1. The molecule has 1 unspecified atom stereocenters. The third-order valence-electron chi connectivity index (χ3n) is 2.85. The highest BCUT2D eigenvalue weighted by Crippen LogP contribution is 2.35. The molecule has 0 radical (unpaired) electrons. The normalized spacial score (nSPS) is 17.9. The number of hydrogen-bond donors (Lipinski definition) is 0. The second-order valence-electron chi connectivity index (χ2n) is 4.13. The minimum Gasteiger partial charge on any atom is -0.468 e. The van der Waals surface area contributed by atoms with Crippen LogP contribution < -0.4 is 0 Å². The maximum absolute atomic E-state index is 11.6. The summed E-state index contributed by atoms with van der Waals surface area (Å²) in [6.07, 6.45) is 3.25. The van der Waals surface area contributed by atoms with Crippen LogP contribution in [-0.4, -0.2) is 51.3 Å². The highest BCUT2D eigenvalue weighted by Gasteiger charge is 2.39. The number of ether oxygens (including phenoxy) is 2. The van der Waals surface area contributed by atoms with Gasteiger partial charge in [-0.3, -0.25) is 9.69 Å². The number of likely N-dealkylation sites (N-methyl/N-ethyl adjacent to an activating group) is 1. The summed E-state index contributed by atoms with van der Waals surface area (Å²) in [4.78, 5) is 13.7. The number of methoxy groups -OCH3 is 2. The topological polar surface area (TPSA) is 38.8 Å². The van der Waals surface area contributed by atoms with E-state index in [0.717, 1.165) is 32.4 Å². The Hall–Kier alpha value is -0.610. The highest BCUT2D eigenvalue weighted by atomic mass is 16.5. The van der Waals surface area contributed by atoms with Crippen molar-refractivity contribution in [3.05, 3.63) is 0 Å². The minimum atomic E-state index is -0.0996. The molecule has 0 bridgehead atoms. The molecule has 0 aromatic heterocycles. The Labute approximate surface area is 91.5 Å². The minimum absolute atomic E-state index is 0.0492. The Balaban J connectivity index is 2.37. The predicted molar refractivity (Wildman–Crippen MR) is 57.7 cm³/mol. The van der Waals surface area contributed by atoms with E-state index >= 15 is 0 Å². The molecule has 0 heterocycles. The summed E-state index contributed by atoms with van der Waals surface area (Å²) >= 11 is 0. The maximum Gasteiger partial charge on any atom is 0.323 e. The Morgan fingerprint density at radius 3 is 2.60 bits per heavy atom. The van der Waals surface area contributed by atoms with Crippen LogP contribution in [-0.2, 0) is 14.3 Å². The lowest BCUT2D eigenvalue weighted by Gasteiger charge is -2.25. The summed E-state index contributed by atoms with van der Waals surface area (Å²) in [6, 6.07) is -0.0492. The van der Waals surface area contributed by atoms with Crippen molar-refractivity contribution < 1.29 is 14.3 Å². The highest BCUT2D eigenvalue weighted by molar-refractivity contribution is 5.76. The first-order chi connectivity index (χ1) is 7.20. The number of carbonyl (C=O) groups excluding carboxylic acids is 1. The molecular formula is C11H21NO3. The molecule has 0 spiro atoms. The van der Waals surface area contributed by atoms with Gasteiger partial charge in [0.15, 0.2) is 0 Å². The van der Waals surface area contributed by atoms with Gasteiger partial charge in [-0.1, -0.05) is 0 Å². The molecule has 0 aromatic rings. The lowest BCUT2D eigenvalue weighted by Crippen LogP contribution is -2.41. The third kappa shape index (κ3) is 3.80. The van der Waals surface area contributed by atoms with Gasteiger partial charge in [-0.05, 0) is 32.2 Å². The molecule has 15 heavy (non-hydrogen) atoms. The van der Waals surface area contributed by atoms with Gasteiger partial charge in [-0.2, -0.15) is 0 Å². The smallest absolute Gasteiger partial charge is 0.323 e. The fourth-order valence-electron chi connectivity index (χ4n) is 1.86. The van der Waals surface area contributed by atoms with Crippen LogP contribution >= 0.6 is 0 Å². The van der Waals surface area contributed by atoms with Gasteiger partial charge in [0.05, 0.1) is 7.11 Å². The van der Waals surface area contributed by atoms with Gasteiger partial charge in [0, 0.05) is 20.3 Å². The second kappa shape index (κ2) is 6.08. The van der Waals surface area contributed by atoms with Crippen molar-refractivity contribution in [2.45, 2.75) is 25.3 Å². The van der Waals surface area contributed by atoms with Gasteiger partial charge < -0.3 is 9.47 Å². The quantitative estimate of drug-likeness (QED) is 0.467. The molecular weight excluding hydrogens is 194 g/mol. The molecule has 0 saturated heterocycles. The largest absolute Gasteiger partial charge is 0.468 e. The lowest BCUT2D eigenvalue weighted by atomic mass is 10.1. The molecule has 4 heteroatoms. The van der Waals surface area contributed by atoms with E-state index in [0.29, 0.717) is 5.92 Å². The van der Waals surface area contributed by atoms with Crippen LogP contribution in [0.4, 0.5) is 0 Å². The van der Waals surface area contributed by atoms with Gasteiger partial charge in [-0.15, -0.1) is 0 Å². The Morgan fingerprint density at radius 2 is 2.13 bits per heavy atom. The van der Waals surface area contributed by atoms with E-state index in [1.54, 1.807) is 7.11 Å². The number of rotatable bonds is 7. The average molecular weight is 215 g/mol. The fraction of sp³-hybridized carbons (Fsp3) is 0.909. The summed E-state index contributed by atoms with van der Waals surface area (Å²) in [5.41, 5.74) is 0.